The van der Waals surface area contributed by atoms with Crippen LogP contribution in [0, 0.1) is 11.6 Å². The highest BCUT2D eigenvalue weighted by molar-refractivity contribution is 7.19. The van der Waals surface area contributed by atoms with Gasteiger partial charge in [-0.1, -0.05) is 12.1 Å². The maximum Gasteiger partial charge on any atom is 0.331 e. The van der Waals surface area contributed by atoms with Crippen molar-refractivity contribution in [2.75, 3.05) is 6.61 Å². The van der Waals surface area contributed by atoms with Crippen LogP contribution in [-0.4, -0.2) is 23.3 Å². The van der Waals surface area contributed by atoms with Gasteiger partial charge in [0.25, 0.3) is 0 Å². The van der Waals surface area contributed by atoms with Gasteiger partial charge in [0.15, 0.2) is 6.61 Å². The maximum atomic E-state index is 13.5. The first-order chi connectivity index (χ1) is 12.0. The Labute approximate surface area is 145 Å². The first-order valence-corrected chi connectivity index (χ1v) is 8.03. The van der Waals surface area contributed by atoms with Gasteiger partial charge in [-0.25, -0.2) is 18.6 Å². The third-order valence-corrected chi connectivity index (χ3v) is 4.25. The summed E-state index contributed by atoms with van der Waals surface area (Å²) in [5.41, 5.74) is 0.492. The molecule has 0 aliphatic heterocycles. The molecule has 0 saturated heterocycles. The molecule has 0 aliphatic carbocycles. The first kappa shape index (κ1) is 16.9. The van der Waals surface area contributed by atoms with E-state index in [2.05, 4.69) is 4.98 Å². The molecule has 0 bridgehead atoms. The topological polar surface area (TPSA) is 56.3 Å². The molecule has 7 heteroatoms. The molecule has 1 aromatic heterocycles. The monoisotopic (exact) mass is 359 g/mol. The van der Waals surface area contributed by atoms with E-state index >= 15 is 0 Å². The summed E-state index contributed by atoms with van der Waals surface area (Å²) in [6.45, 7) is -0.633. The number of benzene rings is 2. The fourth-order valence-corrected chi connectivity index (χ4v) is 2.95. The molecule has 0 aliphatic rings. The Kier molecular flexibility index (Phi) is 4.95. The fourth-order valence-electron chi connectivity index (χ4n) is 2.08. The van der Waals surface area contributed by atoms with Gasteiger partial charge < -0.3 is 4.74 Å². The van der Waals surface area contributed by atoms with Crippen LogP contribution in [0.2, 0.25) is 0 Å². The van der Waals surface area contributed by atoms with Gasteiger partial charge >= 0.3 is 5.97 Å². The van der Waals surface area contributed by atoms with Gasteiger partial charge in [-0.3, -0.25) is 4.79 Å². The van der Waals surface area contributed by atoms with E-state index in [9.17, 15) is 18.4 Å². The second kappa shape index (κ2) is 7.31. The lowest BCUT2D eigenvalue weighted by Gasteiger charge is -2.03. The Hall–Kier alpha value is -2.93. The van der Waals surface area contributed by atoms with Crippen LogP contribution in [0.15, 0.2) is 48.5 Å². The molecule has 4 nitrogen and oxygen atoms in total. The van der Waals surface area contributed by atoms with Crippen molar-refractivity contribution < 1.29 is 23.1 Å². The van der Waals surface area contributed by atoms with Crippen LogP contribution in [-0.2, 0) is 9.53 Å². The van der Waals surface area contributed by atoms with Crippen molar-refractivity contribution in [3.8, 4) is 0 Å². The number of ether oxygens (including phenoxy) is 1. The molecule has 0 fully saturated rings. The molecule has 0 saturated carbocycles. The van der Waals surface area contributed by atoms with Gasteiger partial charge in [0.1, 0.15) is 16.6 Å². The molecule has 25 heavy (non-hydrogen) atoms. The molecule has 0 N–H and O–H groups in total. The van der Waals surface area contributed by atoms with Crippen molar-refractivity contribution in [1.82, 2.24) is 4.98 Å². The van der Waals surface area contributed by atoms with Gasteiger partial charge in [0, 0.05) is 12.1 Å². The summed E-state index contributed by atoms with van der Waals surface area (Å²) in [5.74, 6) is -3.29. The van der Waals surface area contributed by atoms with Crippen molar-refractivity contribution in [2.24, 2.45) is 0 Å². The summed E-state index contributed by atoms with van der Waals surface area (Å²) in [5, 5.41) is 0.619. The number of carbonyl (C=O) groups excluding carboxylic acids is 2. The quantitative estimate of drug-likeness (QED) is 0.392. The number of nitrogens with zero attached hydrogens (tertiary/aromatic N) is 1. The molecule has 0 atom stereocenters. The third-order valence-electron chi connectivity index (χ3n) is 3.25. The zero-order valence-electron chi connectivity index (χ0n) is 12.7. The Morgan fingerprint density at radius 1 is 1.16 bits per heavy atom. The van der Waals surface area contributed by atoms with Gasteiger partial charge in [0.2, 0.25) is 5.78 Å². The largest absolute Gasteiger partial charge is 0.454 e. The highest BCUT2D eigenvalue weighted by Crippen LogP contribution is 2.22. The number of fused-ring (bicyclic) bond motifs is 1. The van der Waals surface area contributed by atoms with Gasteiger partial charge in [-0.15, -0.1) is 11.3 Å². The Balaban J connectivity index is 1.59. The average Bonchev–Trinajstić information content (AvgIpc) is 3.01. The number of para-hydroxylation sites is 1. The number of aromatic nitrogens is 1. The van der Waals surface area contributed by atoms with E-state index in [1.807, 2.05) is 24.3 Å². The van der Waals surface area contributed by atoms with E-state index in [0.29, 0.717) is 11.1 Å². The number of halogens is 2. The molecule has 2 aromatic carbocycles. The van der Waals surface area contributed by atoms with E-state index in [1.54, 1.807) is 0 Å². The summed E-state index contributed by atoms with van der Waals surface area (Å²) in [4.78, 5) is 27.8. The van der Waals surface area contributed by atoms with Crippen LogP contribution in [0.1, 0.15) is 15.4 Å². The molecule has 0 radical (unpaired) electrons. The second-order valence-electron chi connectivity index (χ2n) is 5.01. The number of rotatable bonds is 5. The molecule has 3 rings (SSSR count). The zero-order valence-corrected chi connectivity index (χ0v) is 13.6. The molecule has 0 spiro atoms. The molecular weight excluding hydrogens is 348 g/mol. The number of thiazole rings is 1. The number of Topliss-reactive ketones (excluding diaryl/α,β-unsaturated/α-hetero) is 1. The Morgan fingerprint density at radius 3 is 2.72 bits per heavy atom. The van der Waals surface area contributed by atoms with Crippen molar-refractivity contribution in [3.63, 3.8) is 0 Å². The summed E-state index contributed by atoms with van der Waals surface area (Å²) < 4.78 is 32.1. The molecule has 0 unspecified atom stereocenters. The molecule has 126 valence electrons. The summed E-state index contributed by atoms with van der Waals surface area (Å²) in [7, 11) is 0. The molecule has 3 aromatic rings. The first-order valence-electron chi connectivity index (χ1n) is 7.21. The second-order valence-corrected chi connectivity index (χ2v) is 6.07. The van der Waals surface area contributed by atoms with E-state index < -0.39 is 30.0 Å². The van der Waals surface area contributed by atoms with Crippen LogP contribution in [0.5, 0.6) is 0 Å². The third kappa shape index (κ3) is 4.13. The minimum Gasteiger partial charge on any atom is -0.454 e. The number of ketones is 1. The minimum absolute atomic E-state index is 0.329. The maximum absolute atomic E-state index is 13.5. The summed E-state index contributed by atoms with van der Waals surface area (Å²) in [6.07, 6.45) is 2.63. The van der Waals surface area contributed by atoms with Crippen molar-refractivity contribution in [2.45, 2.75) is 0 Å². The molecular formula is C18H11F2NO3S. The predicted octanol–water partition coefficient (Wildman–Crippen LogP) is 4.01. The van der Waals surface area contributed by atoms with Crippen molar-refractivity contribution in [1.29, 1.82) is 0 Å². The van der Waals surface area contributed by atoms with Crippen LogP contribution in [0.4, 0.5) is 8.78 Å². The van der Waals surface area contributed by atoms with Gasteiger partial charge in [-0.05, 0) is 30.3 Å². The Morgan fingerprint density at radius 2 is 1.96 bits per heavy atom. The van der Waals surface area contributed by atoms with E-state index in [0.717, 1.165) is 28.4 Å². The normalized spacial score (nSPS) is 11.1. The lowest BCUT2D eigenvalue weighted by Crippen LogP contribution is -2.14. The van der Waals surface area contributed by atoms with Crippen molar-refractivity contribution in [3.05, 3.63) is 70.7 Å². The number of hydrogen-bond donors (Lipinski definition) is 0. The highest BCUT2D eigenvalue weighted by Gasteiger charge is 2.14. The lowest BCUT2D eigenvalue weighted by molar-refractivity contribution is -0.136. The average molecular weight is 359 g/mol. The highest BCUT2D eigenvalue weighted by atomic mass is 32.1. The summed E-state index contributed by atoms with van der Waals surface area (Å²) in [6, 6.07) is 10.1. The number of carbonyl (C=O) groups is 2. The van der Waals surface area contributed by atoms with E-state index in [4.69, 9.17) is 4.74 Å². The zero-order chi connectivity index (χ0) is 17.8. The van der Waals surface area contributed by atoms with E-state index in [-0.39, 0.29) is 5.56 Å². The standard InChI is InChI=1S/C18H11F2NO3S/c19-11-5-6-12(13(20)9-11)15(22)10-24-18(23)8-7-17-21-14-3-1-2-4-16(14)25-17/h1-9H,10H2. The predicted molar refractivity (Wildman–Crippen MR) is 90.3 cm³/mol. The van der Waals surface area contributed by atoms with Crippen LogP contribution in [0.25, 0.3) is 16.3 Å². The summed E-state index contributed by atoms with van der Waals surface area (Å²) >= 11 is 1.41. The number of hydrogen-bond acceptors (Lipinski definition) is 5. The number of esters is 1. The minimum atomic E-state index is -0.994. The molecule has 0 amide bonds. The van der Waals surface area contributed by atoms with Crippen LogP contribution < -0.4 is 0 Å². The van der Waals surface area contributed by atoms with Crippen molar-refractivity contribution >= 4 is 39.4 Å². The Bertz CT molecular complexity index is 948. The SMILES string of the molecule is O=C(C=Cc1nc2ccccc2s1)OCC(=O)c1ccc(F)cc1F. The fraction of sp³-hybridized carbons (Fsp3) is 0.0556. The molecule has 1 heterocycles. The van der Waals surface area contributed by atoms with E-state index in [1.165, 1.54) is 17.4 Å². The van der Waals surface area contributed by atoms with Crippen LogP contribution >= 0.6 is 11.3 Å². The lowest BCUT2D eigenvalue weighted by atomic mass is 10.1. The van der Waals surface area contributed by atoms with Gasteiger partial charge in [0.05, 0.1) is 15.8 Å². The van der Waals surface area contributed by atoms with Gasteiger partial charge in [-0.2, -0.15) is 0 Å². The van der Waals surface area contributed by atoms with Crippen LogP contribution in [0.3, 0.4) is 0 Å². The smallest absolute Gasteiger partial charge is 0.331 e.